The number of fused-ring (bicyclic) bond motifs is 3. The fraction of sp³-hybridized carbons (Fsp3) is 0.632. The van der Waals surface area contributed by atoms with Gasteiger partial charge < -0.3 is 15.6 Å². The fourth-order valence-electron chi connectivity index (χ4n) is 4.69. The monoisotopic (exact) mass is 410 g/mol. The van der Waals surface area contributed by atoms with Gasteiger partial charge in [-0.25, -0.2) is 4.98 Å². The highest BCUT2D eigenvalue weighted by Crippen LogP contribution is 2.45. The third-order valence-corrected chi connectivity index (χ3v) is 7.44. The molecule has 2 aliphatic heterocycles. The number of aromatic amines is 1. The molecule has 0 aliphatic carbocycles. The van der Waals surface area contributed by atoms with E-state index in [-0.39, 0.29) is 29.3 Å². The summed E-state index contributed by atoms with van der Waals surface area (Å²) in [7, 11) is 0. The Morgan fingerprint density at radius 2 is 2.15 bits per heavy atom. The van der Waals surface area contributed by atoms with Gasteiger partial charge in [-0.1, -0.05) is 6.92 Å². The third kappa shape index (κ3) is 3.30. The lowest BCUT2D eigenvalue weighted by Crippen LogP contribution is -2.48. The molecule has 1 amide bonds. The lowest BCUT2D eigenvalue weighted by molar-refractivity contribution is -0.132. The number of halogens is 1. The van der Waals surface area contributed by atoms with Gasteiger partial charge in [0.05, 0.1) is 10.8 Å². The molecule has 2 aromatic rings. The van der Waals surface area contributed by atoms with Gasteiger partial charge in [-0.2, -0.15) is 0 Å². The van der Waals surface area contributed by atoms with Gasteiger partial charge in [0.2, 0.25) is 5.91 Å². The van der Waals surface area contributed by atoms with Gasteiger partial charge in [0.25, 0.3) is 5.56 Å². The average Bonchev–Trinajstić information content (AvgIpc) is 3.29. The summed E-state index contributed by atoms with van der Waals surface area (Å²) in [5.41, 5.74) is 0.656. The van der Waals surface area contributed by atoms with E-state index in [1.54, 1.807) is 11.3 Å². The van der Waals surface area contributed by atoms with Gasteiger partial charge in [-0.05, 0) is 45.1 Å². The maximum absolute atomic E-state index is 12.9. The number of carbonyl (C=O) groups excluding carboxylic acids is 1. The smallest absolute Gasteiger partial charge is 0.259 e. The Morgan fingerprint density at radius 3 is 2.78 bits per heavy atom. The molecule has 2 bridgehead atoms. The number of H-pyrrole nitrogens is 1. The third-order valence-electron chi connectivity index (χ3n) is 6.34. The second-order valence-electron chi connectivity index (χ2n) is 7.69. The maximum Gasteiger partial charge on any atom is 0.259 e. The first-order chi connectivity index (χ1) is 12.4. The molecular formula is C19H27ClN4O2S. The molecule has 0 unspecified atom stereocenters. The lowest BCUT2D eigenvalue weighted by atomic mass is 9.71. The van der Waals surface area contributed by atoms with E-state index in [9.17, 15) is 9.59 Å². The Hall–Kier alpha value is -1.44. The van der Waals surface area contributed by atoms with Gasteiger partial charge >= 0.3 is 0 Å². The zero-order chi connectivity index (χ0) is 18.5. The number of hydrogen-bond acceptors (Lipinski definition) is 5. The number of thiophene rings is 1. The Morgan fingerprint density at radius 1 is 1.37 bits per heavy atom. The molecule has 2 fully saturated rings. The number of amides is 1. The largest absolute Gasteiger partial charge is 0.355 e. The van der Waals surface area contributed by atoms with Crippen molar-refractivity contribution >= 4 is 39.9 Å². The number of carbonyl (C=O) groups is 1. The van der Waals surface area contributed by atoms with Crippen LogP contribution in [-0.2, 0) is 11.2 Å². The van der Waals surface area contributed by atoms with Crippen molar-refractivity contribution in [2.24, 2.45) is 5.41 Å². The summed E-state index contributed by atoms with van der Waals surface area (Å²) < 4.78 is 0. The predicted molar refractivity (Wildman–Crippen MR) is 111 cm³/mol. The molecule has 27 heavy (non-hydrogen) atoms. The summed E-state index contributed by atoms with van der Waals surface area (Å²) in [4.78, 5) is 34.6. The topological polar surface area (TPSA) is 86.9 Å². The van der Waals surface area contributed by atoms with Crippen LogP contribution in [-0.4, -0.2) is 34.5 Å². The van der Waals surface area contributed by atoms with Crippen molar-refractivity contribution in [3.8, 4) is 0 Å². The molecule has 0 aromatic carbocycles. The summed E-state index contributed by atoms with van der Waals surface area (Å²) >= 11 is 1.55. The van der Waals surface area contributed by atoms with Crippen LogP contribution in [0.4, 0.5) is 0 Å². The van der Waals surface area contributed by atoms with E-state index >= 15 is 0 Å². The number of nitrogens with one attached hydrogen (secondary N) is 3. The number of nitrogens with zero attached hydrogens (tertiary/aromatic N) is 1. The normalized spacial score (nSPS) is 26.3. The summed E-state index contributed by atoms with van der Waals surface area (Å²) in [5, 5.41) is 7.36. The number of aromatic nitrogens is 2. The van der Waals surface area contributed by atoms with Crippen LogP contribution >= 0.6 is 23.7 Å². The zero-order valence-electron chi connectivity index (χ0n) is 16.0. The number of hydrogen-bond donors (Lipinski definition) is 3. The zero-order valence-corrected chi connectivity index (χ0v) is 17.6. The van der Waals surface area contributed by atoms with E-state index in [2.05, 4.69) is 27.5 Å². The van der Waals surface area contributed by atoms with Gasteiger partial charge in [-0.3, -0.25) is 9.59 Å². The molecule has 3 N–H and O–H groups in total. The van der Waals surface area contributed by atoms with Crippen molar-refractivity contribution in [1.82, 2.24) is 20.6 Å². The standard InChI is InChI=1S/C19H26N4O2S.ClH/c1-4-19(9-12-5-6-13(19)21-12)18(25)20-8-7-14-22-16(24)15-10(2)11(3)26-17(15)23-14;/h12-13,21H,4-9H2,1-3H3,(H,20,25)(H,22,23,24);1H/t12-,13+,19+;/m0./s1. The molecule has 0 saturated carbocycles. The van der Waals surface area contributed by atoms with Crippen molar-refractivity contribution in [3.63, 3.8) is 0 Å². The van der Waals surface area contributed by atoms with Crippen molar-refractivity contribution in [3.05, 3.63) is 26.6 Å². The van der Waals surface area contributed by atoms with Crippen LogP contribution < -0.4 is 16.2 Å². The Balaban J connectivity index is 0.00000210. The van der Waals surface area contributed by atoms with Crippen LogP contribution in [0.5, 0.6) is 0 Å². The Labute approximate surface area is 169 Å². The highest BCUT2D eigenvalue weighted by molar-refractivity contribution is 7.18. The first-order valence-corrected chi connectivity index (χ1v) is 10.3. The first-order valence-electron chi connectivity index (χ1n) is 9.48. The summed E-state index contributed by atoms with van der Waals surface area (Å²) in [6, 6.07) is 0.806. The highest BCUT2D eigenvalue weighted by Gasteiger charge is 2.54. The Bertz CT molecular complexity index is 924. The van der Waals surface area contributed by atoms with Gasteiger partial charge in [0.15, 0.2) is 0 Å². The summed E-state index contributed by atoms with van der Waals surface area (Å²) in [6.07, 6.45) is 4.61. The quantitative estimate of drug-likeness (QED) is 0.707. The molecule has 4 rings (SSSR count). The summed E-state index contributed by atoms with van der Waals surface area (Å²) in [6.45, 7) is 6.57. The van der Waals surface area contributed by atoms with Gasteiger partial charge in [0, 0.05) is 29.9 Å². The van der Waals surface area contributed by atoms with E-state index in [0.717, 1.165) is 34.5 Å². The molecular weight excluding hydrogens is 384 g/mol. The molecule has 6 nitrogen and oxygen atoms in total. The highest BCUT2D eigenvalue weighted by atomic mass is 35.5. The minimum atomic E-state index is -0.268. The van der Waals surface area contributed by atoms with Crippen molar-refractivity contribution in [1.29, 1.82) is 0 Å². The van der Waals surface area contributed by atoms with Crippen LogP contribution in [0.2, 0.25) is 0 Å². The average molecular weight is 411 g/mol. The van der Waals surface area contributed by atoms with Crippen molar-refractivity contribution in [2.45, 2.75) is 65.0 Å². The molecule has 2 aromatic heterocycles. The van der Waals surface area contributed by atoms with Crippen LogP contribution in [0, 0.1) is 19.3 Å². The molecule has 4 heterocycles. The minimum Gasteiger partial charge on any atom is -0.355 e. The van der Waals surface area contributed by atoms with Crippen molar-refractivity contribution in [2.75, 3.05) is 6.54 Å². The van der Waals surface area contributed by atoms with E-state index < -0.39 is 0 Å². The SMILES string of the molecule is CC[C@@]1(C(=O)NCCc2nc3sc(C)c(C)c3c(=O)[nH]2)C[C@@H]2CC[C@H]1N2.Cl. The van der Waals surface area contributed by atoms with Gasteiger partial charge in [0.1, 0.15) is 10.7 Å². The second-order valence-corrected chi connectivity index (χ2v) is 8.89. The minimum absolute atomic E-state index is 0. The first kappa shape index (κ1) is 20.3. The van der Waals surface area contributed by atoms with Crippen LogP contribution in [0.1, 0.15) is 48.9 Å². The van der Waals surface area contributed by atoms with Crippen LogP contribution in [0.25, 0.3) is 10.2 Å². The maximum atomic E-state index is 12.9. The number of aryl methyl sites for hydroxylation is 2. The molecule has 2 aliphatic rings. The molecule has 8 heteroatoms. The number of rotatable bonds is 5. The van der Waals surface area contributed by atoms with E-state index in [0.29, 0.717) is 36.3 Å². The van der Waals surface area contributed by atoms with Gasteiger partial charge in [-0.15, -0.1) is 23.7 Å². The van der Waals surface area contributed by atoms with Crippen LogP contribution in [0.3, 0.4) is 0 Å². The molecule has 0 spiro atoms. The molecule has 0 radical (unpaired) electrons. The Kier molecular flexibility index (Phi) is 5.66. The van der Waals surface area contributed by atoms with Crippen LogP contribution in [0.15, 0.2) is 4.79 Å². The molecule has 3 atom stereocenters. The molecule has 2 saturated heterocycles. The van der Waals surface area contributed by atoms with E-state index in [4.69, 9.17) is 0 Å². The fourth-order valence-corrected chi connectivity index (χ4v) is 5.74. The van der Waals surface area contributed by atoms with E-state index in [1.165, 1.54) is 6.42 Å². The second kappa shape index (κ2) is 7.53. The van der Waals surface area contributed by atoms with Crippen molar-refractivity contribution < 1.29 is 4.79 Å². The molecule has 148 valence electrons. The predicted octanol–water partition coefficient (Wildman–Crippen LogP) is 2.60. The van der Waals surface area contributed by atoms with E-state index in [1.807, 2.05) is 13.8 Å². The summed E-state index contributed by atoms with van der Waals surface area (Å²) in [5.74, 6) is 0.784. The lowest BCUT2D eigenvalue weighted by Gasteiger charge is -2.34.